The van der Waals surface area contributed by atoms with E-state index in [1.807, 2.05) is 24.4 Å². The first-order chi connectivity index (χ1) is 9.40. The van der Waals surface area contributed by atoms with Crippen LogP contribution >= 0.6 is 0 Å². The van der Waals surface area contributed by atoms with Crippen LogP contribution < -0.4 is 5.73 Å². The number of benzene rings is 1. The minimum atomic E-state index is -0.891. The van der Waals surface area contributed by atoms with Gasteiger partial charge in [0.25, 0.3) is 0 Å². The molecule has 20 heavy (non-hydrogen) atoms. The van der Waals surface area contributed by atoms with Crippen molar-refractivity contribution in [3.63, 3.8) is 0 Å². The van der Waals surface area contributed by atoms with Crippen molar-refractivity contribution in [2.24, 2.45) is 11.1 Å². The second kappa shape index (κ2) is 5.51. The molecular formula is C16H20N2O2. The number of nitrogens with two attached hydrogens (primary N) is 1. The molecule has 1 atom stereocenters. The summed E-state index contributed by atoms with van der Waals surface area (Å²) in [5.41, 5.74) is 7.41. The number of aromatic nitrogens is 1. The van der Waals surface area contributed by atoms with Crippen molar-refractivity contribution in [2.75, 3.05) is 0 Å². The van der Waals surface area contributed by atoms with E-state index >= 15 is 0 Å². The molecule has 4 nitrogen and oxygen atoms in total. The quantitative estimate of drug-likeness (QED) is 0.732. The summed E-state index contributed by atoms with van der Waals surface area (Å²) in [7, 11) is 0. The maximum absolute atomic E-state index is 11.0. The Bertz CT molecular complexity index is 641. The molecule has 0 aliphatic carbocycles. The van der Waals surface area contributed by atoms with Gasteiger partial charge in [-0.1, -0.05) is 30.4 Å². The highest BCUT2D eigenvalue weighted by molar-refractivity contribution is 5.83. The zero-order valence-electron chi connectivity index (χ0n) is 11.8. The normalized spacial score (nSPS) is 13.9. The second-order valence-electron chi connectivity index (χ2n) is 5.61. The van der Waals surface area contributed by atoms with Crippen LogP contribution in [-0.2, 0) is 11.2 Å². The van der Waals surface area contributed by atoms with Gasteiger partial charge in [0.1, 0.15) is 0 Å². The molecule has 0 unspecified atom stereocenters. The summed E-state index contributed by atoms with van der Waals surface area (Å²) in [5, 5.41) is 10.2. The van der Waals surface area contributed by atoms with Crippen LogP contribution in [0.5, 0.6) is 0 Å². The molecule has 0 radical (unpaired) electrons. The third-order valence-corrected chi connectivity index (χ3v) is 3.44. The van der Waals surface area contributed by atoms with Crippen LogP contribution in [0, 0.1) is 5.41 Å². The Labute approximate surface area is 118 Å². The Hall–Kier alpha value is -2.07. The predicted molar refractivity (Wildman–Crippen MR) is 80.5 cm³/mol. The molecule has 0 spiro atoms. The van der Waals surface area contributed by atoms with E-state index in [0.717, 1.165) is 16.5 Å². The number of aromatic amines is 1. The Morgan fingerprint density at radius 3 is 2.85 bits per heavy atom. The van der Waals surface area contributed by atoms with Gasteiger partial charge in [-0.2, -0.15) is 0 Å². The first-order valence-corrected chi connectivity index (χ1v) is 6.63. The second-order valence-corrected chi connectivity index (χ2v) is 5.61. The van der Waals surface area contributed by atoms with Gasteiger partial charge < -0.3 is 15.8 Å². The molecule has 0 aliphatic rings. The van der Waals surface area contributed by atoms with E-state index in [-0.39, 0.29) is 6.04 Å². The number of hydrogen-bond donors (Lipinski definition) is 3. The number of rotatable bonds is 5. The molecule has 0 saturated carbocycles. The Morgan fingerprint density at radius 1 is 1.45 bits per heavy atom. The lowest BCUT2D eigenvalue weighted by Gasteiger charge is -2.14. The Morgan fingerprint density at radius 2 is 2.15 bits per heavy atom. The number of carboxylic acids is 1. The lowest BCUT2D eigenvalue weighted by molar-refractivity contribution is -0.144. The first-order valence-electron chi connectivity index (χ1n) is 6.63. The van der Waals surface area contributed by atoms with Gasteiger partial charge in [0.2, 0.25) is 0 Å². The molecule has 0 saturated heterocycles. The van der Waals surface area contributed by atoms with Crippen molar-refractivity contribution in [3.8, 4) is 0 Å². The molecule has 1 heterocycles. The van der Waals surface area contributed by atoms with Crippen LogP contribution in [-0.4, -0.2) is 22.1 Å². The predicted octanol–water partition coefficient (Wildman–Crippen LogP) is 2.70. The van der Waals surface area contributed by atoms with Gasteiger partial charge in [-0.15, -0.1) is 0 Å². The number of carboxylic acid groups (broad SMARTS) is 1. The minimum Gasteiger partial charge on any atom is -0.481 e. The Kier molecular flexibility index (Phi) is 3.95. The van der Waals surface area contributed by atoms with Crippen molar-refractivity contribution in [2.45, 2.75) is 26.3 Å². The summed E-state index contributed by atoms with van der Waals surface area (Å²) in [4.78, 5) is 14.2. The summed E-state index contributed by atoms with van der Waals surface area (Å²) in [6.45, 7) is 3.31. The summed E-state index contributed by atoms with van der Waals surface area (Å²) < 4.78 is 0. The molecule has 1 aromatic heterocycles. The van der Waals surface area contributed by atoms with Crippen LogP contribution in [0.1, 0.15) is 19.4 Å². The SMILES string of the molecule is CC(C)(C=C[C@H](N)Cc1c[nH]c2ccccc12)C(=O)O. The number of carbonyl (C=O) groups is 1. The van der Waals surface area contributed by atoms with Gasteiger partial charge in [-0.25, -0.2) is 0 Å². The van der Waals surface area contributed by atoms with Crippen molar-refractivity contribution in [3.05, 3.63) is 48.2 Å². The third kappa shape index (κ3) is 3.08. The number of hydrogen-bond acceptors (Lipinski definition) is 2. The fourth-order valence-electron chi connectivity index (χ4n) is 2.06. The summed E-state index contributed by atoms with van der Waals surface area (Å²) in [6, 6.07) is 7.85. The fourth-order valence-corrected chi connectivity index (χ4v) is 2.06. The van der Waals surface area contributed by atoms with Gasteiger partial charge in [0, 0.05) is 23.1 Å². The van der Waals surface area contributed by atoms with E-state index in [4.69, 9.17) is 10.8 Å². The molecule has 0 fully saturated rings. The summed E-state index contributed by atoms with van der Waals surface area (Å²) >= 11 is 0. The number of nitrogens with one attached hydrogen (secondary N) is 1. The molecule has 0 bridgehead atoms. The smallest absolute Gasteiger partial charge is 0.312 e. The van der Waals surface area contributed by atoms with Crippen molar-refractivity contribution in [1.82, 2.24) is 4.98 Å². The van der Waals surface area contributed by atoms with Crippen LogP contribution in [0.25, 0.3) is 10.9 Å². The average Bonchev–Trinajstić information content (AvgIpc) is 2.80. The summed E-state index contributed by atoms with van der Waals surface area (Å²) in [5.74, 6) is -0.854. The molecule has 2 rings (SSSR count). The first kappa shape index (κ1) is 14.3. The van der Waals surface area contributed by atoms with E-state index in [0.29, 0.717) is 6.42 Å². The molecule has 106 valence electrons. The van der Waals surface area contributed by atoms with Crippen LogP contribution in [0.2, 0.25) is 0 Å². The van der Waals surface area contributed by atoms with E-state index < -0.39 is 11.4 Å². The maximum atomic E-state index is 11.0. The van der Waals surface area contributed by atoms with Gasteiger partial charge in [0.05, 0.1) is 5.41 Å². The molecule has 4 N–H and O–H groups in total. The van der Waals surface area contributed by atoms with E-state index in [1.54, 1.807) is 26.0 Å². The van der Waals surface area contributed by atoms with Crippen LogP contribution in [0.4, 0.5) is 0 Å². The minimum absolute atomic E-state index is 0.201. The molecular weight excluding hydrogens is 252 g/mol. The lowest BCUT2D eigenvalue weighted by Crippen LogP contribution is -2.24. The number of aliphatic carboxylic acids is 1. The standard InChI is InChI=1S/C16H20N2O2/c1-16(2,15(19)20)8-7-12(17)9-11-10-18-14-6-4-3-5-13(11)14/h3-8,10,12,18H,9,17H2,1-2H3,(H,19,20)/t12-/m0/s1. The molecule has 1 aromatic carbocycles. The van der Waals surface area contributed by atoms with Gasteiger partial charge >= 0.3 is 5.97 Å². The van der Waals surface area contributed by atoms with Crippen LogP contribution in [0.3, 0.4) is 0 Å². The zero-order valence-corrected chi connectivity index (χ0v) is 11.8. The molecule has 0 amide bonds. The van der Waals surface area contributed by atoms with Crippen LogP contribution in [0.15, 0.2) is 42.6 Å². The van der Waals surface area contributed by atoms with Crippen molar-refractivity contribution >= 4 is 16.9 Å². The number of fused-ring (bicyclic) bond motifs is 1. The van der Waals surface area contributed by atoms with E-state index in [1.165, 1.54) is 0 Å². The largest absolute Gasteiger partial charge is 0.481 e. The highest BCUT2D eigenvalue weighted by atomic mass is 16.4. The third-order valence-electron chi connectivity index (χ3n) is 3.44. The highest BCUT2D eigenvalue weighted by Gasteiger charge is 2.23. The maximum Gasteiger partial charge on any atom is 0.312 e. The number of para-hydroxylation sites is 1. The summed E-state index contributed by atoms with van der Waals surface area (Å²) in [6.07, 6.45) is 6.07. The molecule has 2 aromatic rings. The number of H-pyrrole nitrogens is 1. The van der Waals surface area contributed by atoms with Gasteiger partial charge in [-0.05, 0) is 31.9 Å². The monoisotopic (exact) mass is 272 g/mol. The Balaban J connectivity index is 2.10. The highest BCUT2D eigenvalue weighted by Crippen LogP contribution is 2.20. The zero-order chi connectivity index (χ0) is 14.8. The van der Waals surface area contributed by atoms with Gasteiger partial charge in [0.15, 0.2) is 0 Å². The van der Waals surface area contributed by atoms with Crippen molar-refractivity contribution in [1.29, 1.82) is 0 Å². The van der Waals surface area contributed by atoms with Gasteiger partial charge in [-0.3, -0.25) is 4.79 Å². The fraction of sp³-hybridized carbons (Fsp3) is 0.312. The van der Waals surface area contributed by atoms with E-state index in [9.17, 15) is 4.79 Å². The van der Waals surface area contributed by atoms with Crippen molar-refractivity contribution < 1.29 is 9.90 Å². The molecule has 4 heteroatoms. The molecule has 0 aliphatic heterocycles. The van der Waals surface area contributed by atoms with E-state index in [2.05, 4.69) is 11.1 Å². The average molecular weight is 272 g/mol. The lowest BCUT2D eigenvalue weighted by atomic mass is 9.92. The topological polar surface area (TPSA) is 79.1 Å².